The third-order valence-corrected chi connectivity index (χ3v) is 4.13. The van der Waals surface area contributed by atoms with Crippen molar-refractivity contribution in [3.8, 4) is 0 Å². The Morgan fingerprint density at radius 1 is 1.38 bits per heavy atom. The molecule has 0 aromatic heterocycles. The molecule has 1 aromatic carbocycles. The van der Waals surface area contributed by atoms with Crippen molar-refractivity contribution >= 4 is 11.8 Å². The van der Waals surface area contributed by atoms with E-state index in [4.69, 9.17) is 4.74 Å². The second-order valence-corrected chi connectivity index (χ2v) is 7.75. The fourth-order valence-electron chi connectivity index (χ4n) is 2.77. The van der Waals surface area contributed by atoms with Crippen LogP contribution in [0.4, 0.5) is 10.5 Å². The second-order valence-electron chi connectivity index (χ2n) is 7.75. The van der Waals surface area contributed by atoms with Crippen LogP contribution in [0.3, 0.4) is 0 Å². The quantitative estimate of drug-likeness (QED) is 0.869. The van der Waals surface area contributed by atoms with E-state index in [1.165, 1.54) is 5.56 Å². The highest BCUT2D eigenvalue weighted by Crippen LogP contribution is 2.33. The number of benzene rings is 1. The van der Waals surface area contributed by atoms with Crippen LogP contribution in [0.1, 0.15) is 45.7 Å². The van der Waals surface area contributed by atoms with Crippen LogP contribution in [-0.4, -0.2) is 36.0 Å². The van der Waals surface area contributed by atoms with Crippen molar-refractivity contribution in [1.82, 2.24) is 5.32 Å². The van der Waals surface area contributed by atoms with Crippen LogP contribution in [0.25, 0.3) is 0 Å². The molecule has 1 aliphatic heterocycles. The van der Waals surface area contributed by atoms with E-state index < -0.39 is 5.60 Å². The molecule has 24 heavy (non-hydrogen) atoms. The maximum Gasteiger partial charge on any atom is 0.414 e. The largest absolute Gasteiger partial charge is 0.443 e. The highest BCUT2D eigenvalue weighted by Gasteiger charge is 2.30. The number of fused-ring (bicyclic) bond motifs is 1. The van der Waals surface area contributed by atoms with Gasteiger partial charge in [-0.25, -0.2) is 4.79 Å². The van der Waals surface area contributed by atoms with Crippen molar-refractivity contribution in [3.05, 3.63) is 29.3 Å². The van der Waals surface area contributed by atoms with E-state index in [2.05, 4.69) is 11.4 Å². The van der Waals surface area contributed by atoms with E-state index in [0.717, 1.165) is 17.7 Å². The van der Waals surface area contributed by atoms with Crippen LogP contribution >= 0.6 is 0 Å². The van der Waals surface area contributed by atoms with E-state index in [1.54, 1.807) is 4.90 Å². The van der Waals surface area contributed by atoms with E-state index in [9.17, 15) is 9.90 Å². The second kappa shape index (κ2) is 7.53. The third-order valence-electron chi connectivity index (χ3n) is 4.13. The van der Waals surface area contributed by atoms with Crippen molar-refractivity contribution < 1.29 is 14.6 Å². The molecule has 134 valence electrons. The number of nitrogens with one attached hydrogen (secondary N) is 1. The molecule has 1 aliphatic rings. The number of anilines is 1. The third kappa shape index (κ3) is 4.71. The number of hydrogen-bond donors (Lipinski definition) is 2. The van der Waals surface area contributed by atoms with Crippen molar-refractivity contribution in [2.24, 2.45) is 5.92 Å². The molecule has 1 atom stereocenters. The Kier molecular flexibility index (Phi) is 5.88. The molecule has 5 nitrogen and oxygen atoms in total. The van der Waals surface area contributed by atoms with E-state index >= 15 is 0 Å². The number of carbonyl (C=O) groups is 1. The van der Waals surface area contributed by atoms with Crippen molar-refractivity contribution in [3.63, 3.8) is 0 Å². The number of aliphatic hydroxyl groups excluding tert-OH is 1. The maximum atomic E-state index is 12.5. The molecule has 0 aliphatic carbocycles. The number of rotatable bonds is 5. The molecule has 1 aromatic rings. The Hall–Kier alpha value is -1.59. The Bertz CT molecular complexity index is 578. The smallest absolute Gasteiger partial charge is 0.414 e. The topological polar surface area (TPSA) is 61.8 Å². The lowest BCUT2D eigenvalue weighted by atomic mass is 10.1. The number of nitrogens with zero attached hydrogens (tertiary/aromatic N) is 1. The van der Waals surface area contributed by atoms with Gasteiger partial charge in [-0.3, -0.25) is 4.90 Å². The normalized spacial score (nSPS) is 15.5. The fraction of sp³-hybridized carbons (Fsp3) is 0.632. The van der Waals surface area contributed by atoms with Crippen molar-refractivity contribution in [1.29, 1.82) is 0 Å². The number of hydrogen-bond acceptors (Lipinski definition) is 4. The van der Waals surface area contributed by atoms with Crippen molar-refractivity contribution in [2.75, 3.05) is 18.0 Å². The summed E-state index contributed by atoms with van der Waals surface area (Å²) in [5, 5.41) is 13.2. The van der Waals surface area contributed by atoms with Crippen LogP contribution in [-0.2, 0) is 17.7 Å². The van der Waals surface area contributed by atoms with Crippen LogP contribution in [0.2, 0.25) is 0 Å². The summed E-state index contributed by atoms with van der Waals surface area (Å²) in [6.45, 7) is 11.4. The average Bonchev–Trinajstić information content (AvgIpc) is 2.90. The molecular weight excluding hydrogens is 304 g/mol. The van der Waals surface area contributed by atoms with Gasteiger partial charge in [0.15, 0.2) is 0 Å². The van der Waals surface area contributed by atoms with Gasteiger partial charge < -0.3 is 15.2 Å². The van der Waals surface area contributed by atoms with Gasteiger partial charge in [0.1, 0.15) is 5.60 Å². The Morgan fingerprint density at radius 2 is 2.08 bits per heavy atom. The summed E-state index contributed by atoms with van der Waals surface area (Å²) in [6, 6.07) is 6.11. The summed E-state index contributed by atoms with van der Waals surface area (Å²) >= 11 is 0. The first kappa shape index (κ1) is 18.7. The lowest BCUT2D eigenvalue weighted by Crippen LogP contribution is -2.36. The van der Waals surface area contributed by atoms with Crippen LogP contribution in [0.5, 0.6) is 0 Å². The zero-order valence-electron chi connectivity index (χ0n) is 15.4. The average molecular weight is 334 g/mol. The minimum atomic E-state index is -0.506. The first-order valence-electron chi connectivity index (χ1n) is 8.69. The molecule has 0 spiro atoms. The summed E-state index contributed by atoms with van der Waals surface area (Å²) in [5.41, 5.74) is 2.68. The highest BCUT2D eigenvalue weighted by molar-refractivity contribution is 5.91. The number of para-hydroxylation sites is 1. The zero-order chi connectivity index (χ0) is 17.9. The molecule has 0 fully saturated rings. The zero-order valence-corrected chi connectivity index (χ0v) is 15.4. The highest BCUT2D eigenvalue weighted by atomic mass is 16.6. The standard InChI is InChI=1S/C19H30N2O3/c1-13(2)16(22)12-20-11-15-8-6-7-14-9-10-21(17(14)15)18(23)24-19(3,4)5/h6-8,13,16,20,22H,9-12H2,1-5H3. The number of aliphatic hydroxyl groups is 1. The van der Waals surface area contributed by atoms with Gasteiger partial charge in [0.05, 0.1) is 11.8 Å². The molecule has 0 bridgehead atoms. The molecular formula is C19H30N2O3. The van der Waals surface area contributed by atoms with Crippen LogP contribution in [0, 0.1) is 5.92 Å². The van der Waals surface area contributed by atoms with Crippen LogP contribution < -0.4 is 10.2 Å². The van der Waals surface area contributed by atoms with Gasteiger partial charge in [-0.2, -0.15) is 0 Å². The predicted molar refractivity (Wildman–Crippen MR) is 96.3 cm³/mol. The molecule has 0 saturated heterocycles. The van der Waals surface area contributed by atoms with Crippen molar-refractivity contribution in [2.45, 2.75) is 59.3 Å². The minimum Gasteiger partial charge on any atom is -0.443 e. The molecule has 0 saturated carbocycles. The molecule has 1 amide bonds. The lowest BCUT2D eigenvalue weighted by molar-refractivity contribution is 0.0583. The lowest BCUT2D eigenvalue weighted by Gasteiger charge is -2.26. The monoisotopic (exact) mass is 334 g/mol. The molecule has 2 N–H and O–H groups in total. The Labute approximate surface area is 145 Å². The van der Waals surface area contributed by atoms with Gasteiger partial charge in [-0.15, -0.1) is 0 Å². The Morgan fingerprint density at radius 3 is 2.71 bits per heavy atom. The van der Waals surface area contributed by atoms with Gasteiger partial charge in [-0.05, 0) is 44.2 Å². The first-order valence-corrected chi connectivity index (χ1v) is 8.69. The van der Waals surface area contributed by atoms with E-state index in [0.29, 0.717) is 19.6 Å². The number of ether oxygens (including phenoxy) is 1. The fourth-order valence-corrected chi connectivity index (χ4v) is 2.77. The first-order chi connectivity index (χ1) is 11.2. The number of carbonyl (C=O) groups excluding carboxylic acids is 1. The Balaban J connectivity index is 2.10. The maximum absolute atomic E-state index is 12.5. The van der Waals surface area contributed by atoms with Crippen LogP contribution in [0.15, 0.2) is 18.2 Å². The van der Waals surface area contributed by atoms with Gasteiger partial charge in [0.25, 0.3) is 0 Å². The van der Waals surface area contributed by atoms with Gasteiger partial charge >= 0.3 is 6.09 Å². The SMILES string of the molecule is CC(C)C(O)CNCc1cccc2c1N(C(=O)OC(C)(C)C)CC2. The predicted octanol–water partition coefficient (Wildman–Crippen LogP) is 3.09. The molecule has 0 radical (unpaired) electrons. The van der Waals surface area contributed by atoms with Gasteiger partial charge in [-0.1, -0.05) is 32.0 Å². The molecule has 1 heterocycles. The number of amides is 1. The summed E-state index contributed by atoms with van der Waals surface area (Å²) < 4.78 is 5.53. The van der Waals surface area contributed by atoms with Gasteiger partial charge in [0, 0.05) is 19.6 Å². The summed E-state index contributed by atoms with van der Waals surface area (Å²) in [6.07, 6.45) is 0.177. The molecule has 5 heteroatoms. The van der Waals surface area contributed by atoms with E-state index in [1.807, 2.05) is 46.8 Å². The summed E-state index contributed by atoms with van der Waals surface area (Å²) in [7, 11) is 0. The minimum absolute atomic E-state index is 0.220. The van der Waals surface area contributed by atoms with Gasteiger partial charge in [0.2, 0.25) is 0 Å². The van der Waals surface area contributed by atoms with E-state index in [-0.39, 0.29) is 18.1 Å². The summed E-state index contributed by atoms with van der Waals surface area (Å²) in [4.78, 5) is 14.2. The molecule has 1 unspecified atom stereocenters. The summed E-state index contributed by atoms with van der Waals surface area (Å²) in [5.74, 6) is 0.220. The molecule has 2 rings (SSSR count).